The second kappa shape index (κ2) is 7.79. The van der Waals surface area contributed by atoms with Gasteiger partial charge in [-0.3, -0.25) is 9.00 Å². The standard InChI is InChI=1S/C14H20N2O3S/c1-10(7-8-20(3)19)15-14(18)16-13-6-4-5-12(9-13)11(2)17/h4-6,9-10H,7-8H2,1-3H3,(H2,15,16,18). The highest BCUT2D eigenvalue weighted by atomic mass is 32.2. The van der Waals surface area contributed by atoms with Gasteiger partial charge in [-0.05, 0) is 32.4 Å². The lowest BCUT2D eigenvalue weighted by atomic mass is 10.1. The third kappa shape index (κ3) is 5.97. The van der Waals surface area contributed by atoms with Gasteiger partial charge in [0, 0.05) is 40.1 Å². The lowest BCUT2D eigenvalue weighted by molar-refractivity contribution is 0.101. The zero-order valence-electron chi connectivity index (χ0n) is 11.9. The number of rotatable bonds is 6. The van der Waals surface area contributed by atoms with Crippen molar-refractivity contribution in [1.82, 2.24) is 5.32 Å². The number of hydrogen-bond acceptors (Lipinski definition) is 3. The minimum atomic E-state index is -0.856. The molecule has 0 saturated carbocycles. The number of benzene rings is 1. The Morgan fingerprint density at radius 3 is 2.65 bits per heavy atom. The van der Waals surface area contributed by atoms with Crippen molar-refractivity contribution in [2.75, 3.05) is 17.3 Å². The SMILES string of the molecule is CC(=O)c1cccc(NC(=O)NC(C)CCS(C)=O)c1. The fraction of sp³-hybridized carbons (Fsp3) is 0.429. The van der Waals surface area contributed by atoms with E-state index in [1.165, 1.54) is 6.92 Å². The predicted octanol–water partition coefficient (Wildman–Crippen LogP) is 2.17. The topological polar surface area (TPSA) is 75.3 Å². The molecule has 6 heteroatoms. The summed E-state index contributed by atoms with van der Waals surface area (Å²) in [6, 6.07) is 6.38. The van der Waals surface area contributed by atoms with Crippen LogP contribution in [0.25, 0.3) is 0 Å². The zero-order chi connectivity index (χ0) is 15.1. The molecule has 2 N–H and O–H groups in total. The summed E-state index contributed by atoms with van der Waals surface area (Å²) >= 11 is 0. The van der Waals surface area contributed by atoms with Gasteiger partial charge in [0.15, 0.2) is 5.78 Å². The zero-order valence-corrected chi connectivity index (χ0v) is 12.8. The number of Topliss-reactive ketones (excluding diaryl/α,β-unsaturated/α-hetero) is 1. The van der Waals surface area contributed by atoms with E-state index in [0.29, 0.717) is 23.4 Å². The Morgan fingerprint density at radius 1 is 1.35 bits per heavy atom. The molecule has 1 aromatic rings. The van der Waals surface area contributed by atoms with Crippen molar-refractivity contribution in [2.45, 2.75) is 26.3 Å². The summed E-state index contributed by atoms with van der Waals surface area (Å²) < 4.78 is 11.0. The lowest BCUT2D eigenvalue weighted by Crippen LogP contribution is -2.36. The molecule has 2 amide bonds. The number of nitrogens with one attached hydrogen (secondary N) is 2. The molecule has 1 rings (SSSR count). The quantitative estimate of drug-likeness (QED) is 0.790. The van der Waals surface area contributed by atoms with E-state index in [1.54, 1.807) is 30.5 Å². The lowest BCUT2D eigenvalue weighted by Gasteiger charge is -2.14. The molecule has 1 aromatic carbocycles. The molecule has 0 radical (unpaired) electrons. The summed E-state index contributed by atoms with van der Waals surface area (Å²) in [4.78, 5) is 23.0. The van der Waals surface area contributed by atoms with Crippen LogP contribution in [-0.2, 0) is 10.8 Å². The number of carbonyl (C=O) groups is 2. The molecule has 0 fully saturated rings. The summed E-state index contributed by atoms with van der Waals surface area (Å²) in [6.07, 6.45) is 2.30. The van der Waals surface area contributed by atoms with Gasteiger partial charge in [-0.1, -0.05) is 12.1 Å². The number of urea groups is 1. The molecule has 0 saturated heterocycles. The molecule has 0 aromatic heterocycles. The summed E-state index contributed by atoms with van der Waals surface area (Å²) in [5.74, 6) is 0.509. The van der Waals surface area contributed by atoms with Crippen LogP contribution in [0.15, 0.2) is 24.3 Å². The van der Waals surface area contributed by atoms with E-state index in [2.05, 4.69) is 10.6 Å². The first-order valence-corrected chi connectivity index (χ1v) is 8.09. The Labute approximate surface area is 121 Å². The Bertz CT molecular complexity index is 517. The molecule has 0 aliphatic carbocycles. The molecule has 0 spiro atoms. The van der Waals surface area contributed by atoms with E-state index in [9.17, 15) is 13.8 Å². The molecule has 2 atom stereocenters. The van der Waals surface area contributed by atoms with Crippen LogP contribution in [0.2, 0.25) is 0 Å². The van der Waals surface area contributed by atoms with Crippen LogP contribution in [0, 0.1) is 0 Å². The molecule has 0 bridgehead atoms. The molecular formula is C14H20N2O3S. The molecule has 5 nitrogen and oxygen atoms in total. The van der Waals surface area contributed by atoms with Gasteiger partial charge in [0.05, 0.1) is 0 Å². The molecule has 110 valence electrons. The highest BCUT2D eigenvalue weighted by molar-refractivity contribution is 7.84. The molecular weight excluding hydrogens is 276 g/mol. The van der Waals surface area contributed by atoms with E-state index in [0.717, 1.165) is 0 Å². The van der Waals surface area contributed by atoms with Crippen LogP contribution >= 0.6 is 0 Å². The Kier molecular flexibility index (Phi) is 6.38. The first-order chi connectivity index (χ1) is 9.38. The molecule has 2 unspecified atom stereocenters. The second-order valence-electron chi connectivity index (χ2n) is 4.70. The number of ketones is 1. The third-order valence-corrected chi connectivity index (χ3v) is 3.55. The fourth-order valence-corrected chi connectivity index (χ4v) is 2.31. The number of hydrogen-bond donors (Lipinski definition) is 2. The van der Waals surface area contributed by atoms with E-state index >= 15 is 0 Å². The van der Waals surface area contributed by atoms with Crippen LogP contribution in [0.5, 0.6) is 0 Å². The van der Waals surface area contributed by atoms with Crippen molar-refractivity contribution >= 4 is 28.3 Å². The van der Waals surface area contributed by atoms with E-state index in [-0.39, 0.29) is 17.9 Å². The van der Waals surface area contributed by atoms with E-state index in [1.807, 2.05) is 6.92 Å². The molecule has 0 aliphatic rings. The van der Waals surface area contributed by atoms with Crippen molar-refractivity contribution in [3.63, 3.8) is 0 Å². The van der Waals surface area contributed by atoms with Gasteiger partial charge in [0.1, 0.15) is 0 Å². The monoisotopic (exact) mass is 296 g/mol. The summed E-state index contributed by atoms with van der Waals surface area (Å²) in [7, 11) is -0.856. The number of amides is 2. The Hall–Kier alpha value is -1.69. The van der Waals surface area contributed by atoms with Crippen molar-refractivity contribution in [2.24, 2.45) is 0 Å². The molecule has 0 aliphatic heterocycles. The largest absolute Gasteiger partial charge is 0.335 e. The van der Waals surface area contributed by atoms with Gasteiger partial charge in [-0.25, -0.2) is 4.79 Å². The smallest absolute Gasteiger partial charge is 0.319 e. The maximum atomic E-state index is 11.8. The van der Waals surface area contributed by atoms with Crippen molar-refractivity contribution < 1.29 is 13.8 Å². The van der Waals surface area contributed by atoms with Gasteiger partial charge in [0.25, 0.3) is 0 Å². The van der Waals surface area contributed by atoms with Crippen LogP contribution in [0.1, 0.15) is 30.6 Å². The minimum absolute atomic E-state index is 0.0483. The summed E-state index contributed by atoms with van der Waals surface area (Å²) in [6.45, 7) is 3.34. The van der Waals surface area contributed by atoms with Crippen LogP contribution in [-0.4, -0.2) is 34.1 Å². The Morgan fingerprint density at radius 2 is 2.05 bits per heavy atom. The number of carbonyl (C=O) groups excluding carboxylic acids is 2. The normalized spacial score (nSPS) is 13.3. The molecule has 20 heavy (non-hydrogen) atoms. The van der Waals surface area contributed by atoms with Crippen LogP contribution < -0.4 is 10.6 Å². The number of anilines is 1. The Balaban J connectivity index is 2.51. The van der Waals surface area contributed by atoms with Gasteiger partial charge in [-0.15, -0.1) is 0 Å². The highest BCUT2D eigenvalue weighted by Gasteiger charge is 2.08. The van der Waals surface area contributed by atoms with Crippen molar-refractivity contribution in [1.29, 1.82) is 0 Å². The van der Waals surface area contributed by atoms with Gasteiger partial charge in [0.2, 0.25) is 0 Å². The van der Waals surface area contributed by atoms with Gasteiger partial charge >= 0.3 is 6.03 Å². The second-order valence-corrected chi connectivity index (χ2v) is 6.26. The van der Waals surface area contributed by atoms with Crippen molar-refractivity contribution in [3.05, 3.63) is 29.8 Å². The maximum Gasteiger partial charge on any atom is 0.319 e. The first kappa shape index (κ1) is 16.4. The van der Waals surface area contributed by atoms with Crippen molar-refractivity contribution in [3.8, 4) is 0 Å². The van der Waals surface area contributed by atoms with Crippen LogP contribution in [0.4, 0.5) is 10.5 Å². The van der Waals surface area contributed by atoms with E-state index in [4.69, 9.17) is 0 Å². The predicted molar refractivity (Wildman–Crippen MR) is 81.6 cm³/mol. The van der Waals surface area contributed by atoms with Gasteiger partial charge < -0.3 is 10.6 Å². The highest BCUT2D eigenvalue weighted by Crippen LogP contribution is 2.11. The summed E-state index contributed by atoms with van der Waals surface area (Å²) in [5.41, 5.74) is 1.12. The van der Waals surface area contributed by atoms with E-state index < -0.39 is 10.8 Å². The average molecular weight is 296 g/mol. The van der Waals surface area contributed by atoms with Crippen LogP contribution in [0.3, 0.4) is 0 Å². The fourth-order valence-electron chi connectivity index (χ4n) is 1.62. The maximum absolute atomic E-state index is 11.8. The first-order valence-electron chi connectivity index (χ1n) is 6.37. The molecule has 0 heterocycles. The average Bonchev–Trinajstić information content (AvgIpc) is 2.36. The third-order valence-electron chi connectivity index (χ3n) is 2.74. The minimum Gasteiger partial charge on any atom is -0.335 e. The van der Waals surface area contributed by atoms with Gasteiger partial charge in [-0.2, -0.15) is 0 Å². The summed E-state index contributed by atoms with van der Waals surface area (Å²) in [5, 5.41) is 5.44.